The molecule has 1 aromatic rings. The second kappa shape index (κ2) is 6.50. The monoisotopic (exact) mass is 313 g/mol. The number of halogens is 1. The Morgan fingerprint density at radius 3 is 3.17 bits per heavy atom. The Labute approximate surface area is 117 Å². The van der Waals surface area contributed by atoms with Gasteiger partial charge in [-0.3, -0.25) is 0 Å². The normalized spacial score (nSPS) is 20.2. The summed E-state index contributed by atoms with van der Waals surface area (Å²) in [6, 6.07) is 2.53. The van der Waals surface area contributed by atoms with Crippen molar-refractivity contribution in [2.45, 2.75) is 26.4 Å². The number of nitrogens with zero attached hydrogens (tertiary/aromatic N) is 2. The summed E-state index contributed by atoms with van der Waals surface area (Å²) in [7, 11) is 0. The molecule has 5 heteroatoms. The lowest BCUT2D eigenvalue weighted by molar-refractivity contribution is 0.0984. The van der Waals surface area contributed by atoms with Crippen molar-refractivity contribution in [1.29, 1.82) is 0 Å². The molecular weight excluding hydrogens is 294 g/mol. The number of aromatic nitrogens is 1. The molecule has 4 nitrogen and oxygen atoms in total. The van der Waals surface area contributed by atoms with Gasteiger partial charge in [0.25, 0.3) is 0 Å². The Morgan fingerprint density at radius 1 is 1.61 bits per heavy atom. The Bertz CT molecular complexity index is 400. The Balaban J connectivity index is 2.24. The van der Waals surface area contributed by atoms with Crippen LogP contribution in [-0.2, 0) is 11.3 Å². The van der Waals surface area contributed by atoms with Gasteiger partial charge in [-0.05, 0) is 35.5 Å². The molecule has 1 aliphatic heterocycles. The summed E-state index contributed by atoms with van der Waals surface area (Å²) in [5.74, 6) is 1.08. The van der Waals surface area contributed by atoms with Crippen molar-refractivity contribution in [1.82, 2.24) is 10.3 Å². The van der Waals surface area contributed by atoms with E-state index in [1.54, 1.807) is 0 Å². The molecule has 2 heterocycles. The molecule has 0 aromatic carbocycles. The van der Waals surface area contributed by atoms with Crippen LogP contribution in [0.1, 0.15) is 19.4 Å². The summed E-state index contributed by atoms with van der Waals surface area (Å²) in [4.78, 5) is 6.92. The van der Waals surface area contributed by atoms with Gasteiger partial charge in [0.2, 0.25) is 0 Å². The summed E-state index contributed by atoms with van der Waals surface area (Å²) in [5.41, 5.74) is 1.24. The van der Waals surface area contributed by atoms with Crippen LogP contribution in [-0.4, -0.2) is 37.3 Å². The Hall–Kier alpha value is -0.650. The molecule has 0 radical (unpaired) electrons. The average molecular weight is 314 g/mol. The minimum Gasteiger partial charge on any atom is -0.377 e. The van der Waals surface area contributed by atoms with Gasteiger partial charge in [0.1, 0.15) is 5.82 Å². The van der Waals surface area contributed by atoms with E-state index in [4.69, 9.17) is 4.74 Å². The first kappa shape index (κ1) is 13.8. The zero-order valence-corrected chi connectivity index (χ0v) is 12.5. The first-order valence-corrected chi connectivity index (χ1v) is 7.21. The lowest BCUT2D eigenvalue weighted by Crippen LogP contribution is -2.44. The smallest absolute Gasteiger partial charge is 0.133 e. The molecule has 0 amide bonds. The third-order valence-corrected chi connectivity index (χ3v) is 3.55. The number of morpholine rings is 1. The number of hydrogen-bond acceptors (Lipinski definition) is 4. The van der Waals surface area contributed by atoms with Crippen LogP contribution in [0.25, 0.3) is 0 Å². The molecule has 1 unspecified atom stereocenters. The van der Waals surface area contributed by atoms with Crippen LogP contribution in [0.2, 0.25) is 0 Å². The fourth-order valence-electron chi connectivity index (χ4n) is 2.16. The first-order chi connectivity index (χ1) is 8.72. The largest absolute Gasteiger partial charge is 0.377 e. The van der Waals surface area contributed by atoms with E-state index in [1.807, 2.05) is 6.20 Å². The highest BCUT2D eigenvalue weighted by Gasteiger charge is 2.22. The van der Waals surface area contributed by atoms with Gasteiger partial charge in [-0.2, -0.15) is 0 Å². The number of rotatable bonds is 4. The molecule has 100 valence electrons. The summed E-state index contributed by atoms with van der Waals surface area (Å²) in [5, 5.41) is 3.37. The summed E-state index contributed by atoms with van der Waals surface area (Å²) in [6.45, 7) is 8.57. The number of ether oxygens (including phenoxy) is 1. The van der Waals surface area contributed by atoms with Gasteiger partial charge < -0.3 is 15.0 Å². The van der Waals surface area contributed by atoms with Crippen molar-refractivity contribution < 1.29 is 4.74 Å². The van der Waals surface area contributed by atoms with E-state index in [1.165, 1.54) is 5.56 Å². The lowest BCUT2D eigenvalue weighted by atomic mass is 10.2. The SMILES string of the molecule is CCNCc1cc(Br)cnc1N1CCOCC1C. The predicted molar refractivity (Wildman–Crippen MR) is 76.9 cm³/mol. The third-order valence-electron chi connectivity index (χ3n) is 3.11. The van der Waals surface area contributed by atoms with Crippen LogP contribution in [0.5, 0.6) is 0 Å². The number of hydrogen-bond donors (Lipinski definition) is 1. The van der Waals surface area contributed by atoms with Gasteiger partial charge >= 0.3 is 0 Å². The molecule has 0 spiro atoms. The minimum absolute atomic E-state index is 0.382. The molecule has 1 fully saturated rings. The lowest BCUT2D eigenvalue weighted by Gasteiger charge is -2.35. The fourth-order valence-corrected chi connectivity index (χ4v) is 2.54. The van der Waals surface area contributed by atoms with E-state index >= 15 is 0 Å². The quantitative estimate of drug-likeness (QED) is 0.924. The third kappa shape index (κ3) is 3.22. The van der Waals surface area contributed by atoms with Crippen LogP contribution >= 0.6 is 15.9 Å². The van der Waals surface area contributed by atoms with Crippen molar-refractivity contribution in [3.05, 3.63) is 22.3 Å². The maximum absolute atomic E-state index is 5.48. The second-order valence-corrected chi connectivity index (χ2v) is 5.45. The zero-order valence-electron chi connectivity index (χ0n) is 10.9. The molecule has 2 rings (SSSR count). The molecule has 0 aliphatic carbocycles. The molecule has 1 aromatic heterocycles. The van der Waals surface area contributed by atoms with Crippen LogP contribution in [0.4, 0.5) is 5.82 Å². The first-order valence-electron chi connectivity index (χ1n) is 6.42. The van der Waals surface area contributed by atoms with Gasteiger partial charge in [0.15, 0.2) is 0 Å². The summed E-state index contributed by atoms with van der Waals surface area (Å²) in [6.07, 6.45) is 1.87. The number of pyridine rings is 1. The Kier molecular flexibility index (Phi) is 4.97. The molecule has 18 heavy (non-hydrogen) atoms. The van der Waals surface area contributed by atoms with E-state index in [0.29, 0.717) is 6.04 Å². The van der Waals surface area contributed by atoms with Crippen LogP contribution in [0.3, 0.4) is 0 Å². The van der Waals surface area contributed by atoms with E-state index < -0.39 is 0 Å². The van der Waals surface area contributed by atoms with Crippen molar-refractivity contribution in [3.8, 4) is 0 Å². The van der Waals surface area contributed by atoms with Gasteiger partial charge in [-0.15, -0.1) is 0 Å². The molecule has 0 saturated carbocycles. The maximum Gasteiger partial charge on any atom is 0.133 e. The highest BCUT2D eigenvalue weighted by Crippen LogP contribution is 2.24. The molecule has 1 N–H and O–H groups in total. The summed E-state index contributed by atoms with van der Waals surface area (Å²) >= 11 is 3.49. The molecular formula is C13H20BrN3O. The van der Waals surface area contributed by atoms with E-state index in [2.05, 4.69) is 51.0 Å². The number of nitrogens with one attached hydrogen (secondary N) is 1. The average Bonchev–Trinajstić information content (AvgIpc) is 2.37. The molecule has 1 aliphatic rings. The van der Waals surface area contributed by atoms with Gasteiger partial charge in [0.05, 0.1) is 19.3 Å². The fraction of sp³-hybridized carbons (Fsp3) is 0.615. The van der Waals surface area contributed by atoms with E-state index in [9.17, 15) is 0 Å². The Morgan fingerprint density at radius 2 is 2.44 bits per heavy atom. The minimum atomic E-state index is 0.382. The van der Waals surface area contributed by atoms with Crippen LogP contribution in [0, 0.1) is 0 Å². The van der Waals surface area contributed by atoms with Crippen molar-refractivity contribution in [2.75, 3.05) is 31.2 Å². The molecule has 0 bridgehead atoms. The zero-order chi connectivity index (χ0) is 13.0. The van der Waals surface area contributed by atoms with Crippen LogP contribution in [0.15, 0.2) is 16.7 Å². The van der Waals surface area contributed by atoms with Crippen LogP contribution < -0.4 is 10.2 Å². The van der Waals surface area contributed by atoms with E-state index in [-0.39, 0.29) is 0 Å². The second-order valence-electron chi connectivity index (χ2n) is 4.53. The topological polar surface area (TPSA) is 37.4 Å². The van der Waals surface area contributed by atoms with Gasteiger partial charge in [-0.25, -0.2) is 4.98 Å². The highest BCUT2D eigenvalue weighted by molar-refractivity contribution is 9.10. The molecule has 1 saturated heterocycles. The van der Waals surface area contributed by atoms with Gasteiger partial charge in [0, 0.05) is 29.3 Å². The maximum atomic E-state index is 5.48. The van der Waals surface area contributed by atoms with Crippen molar-refractivity contribution in [2.24, 2.45) is 0 Å². The van der Waals surface area contributed by atoms with E-state index in [0.717, 1.165) is 43.1 Å². The van der Waals surface area contributed by atoms with Crippen molar-refractivity contribution in [3.63, 3.8) is 0 Å². The number of anilines is 1. The highest BCUT2D eigenvalue weighted by atomic mass is 79.9. The standard InChI is InChI=1S/C13H20BrN3O/c1-3-15-7-11-6-12(14)8-16-13(11)17-4-5-18-9-10(17)2/h6,8,10,15H,3-5,7,9H2,1-2H3. The van der Waals surface area contributed by atoms with Crippen molar-refractivity contribution >= 4 is 21.7 Å². The van der Waals surface area contributed by atoms with Gasteiger partial charge in [-0.1, -0.05) is 6.92 Å². The predicted octanol–water partition coefficient (Wildman–Crippen LogP) is 2.18. The summed E-state index contributed by atoms with van der Waals surface area (Å²) < 4.78 is 6.51. The molecule has 1 atom stereocenters.